The number of pyridine rings is 1. The van der Waals surface area contributed by atoms with Gasteiger partial charge in [-0.25, -0.2) is 13.4 Å². The molecule has 4 heterocycles. The molecule has 4 atom stereocenters. The van der Waals surface area contributed by atoms with Gasteiger partial charge in [-0.15, -0.1) is 0 Å². The highest BCUT2D eigenvalue weighted by Crippen LogP contribution is 2.49. The van der Waals surface area contributed by atoms with E-state index in [2.05, 4.69) is 19.6 Å². The van der Waals surface area contributed by atoms with Crippen LogP contribution in [0.4, 0.5) is 0 Å². The first-order chi connectivity index (χ1) is 19.8. The zero-order valence-electron chi connectivity index (χ0n) is 24.5. The lowest BCUT2D eigenvalue weighted by molar-refractivity contribution is 0.00479. The number of aliphatic hydroxyl groups excluding tert-OH is 1. The molecule has 3 fully saturated rings. The Labute approximate surface area is 253 Å². The third-order valence-electron chi connectivity index (χ3n) is 8.43. The highest BCUT2D eigenvalue weighted by molar-refractivity contribution is 7.90. The summed E-state index contributed by atoms with van der Waals surface area (Å²) in [6.45, 7) is 8.42. The van der Waals surface area contributed by atoms with Gasteiger partial charge in [0.25, 0.3) is 0 Å². The first-order valence-corrected chi connectivity index (χ1v) is 20.6. The van der Waals surface area contributed by atoms with E-state index in [9.17, 15) is 13.5 Å². The Balaban J connectivity index is 1.29. The van der Waals surface area contributed by atoms with Crippen molar-refractivity contribution < 1.29 is 32.5 Å². The van der Waals surface area contributed by atoms with Gasteiger partial charge in [0.05, 0.1) is 40.7 Å². The second-order valence-electron chi connectivity index (χ2n) is 13.2. The molecule has 0 radical (unpaired) electrons. The number of benzene rings is 1. The Morgan fingerprint density at radius 2 is 1.83 bits per heavy atom. The molecule has 2 saturated heterocycles. The lowest BCUT2D eigenvalue weighted by atomic mass is 9.96. The smallest absolute Gasteiger partial charge is 0.198 e. The highest BCUT2D eigenvalue weighted by Gasteiger charge is 2.49. The molecule has 6 rings (SSSR count). The van der Waals surface area contributed by atoms with Gasteiger partial charge in [-0.05, 0) is 30.5 Å². The molecule has 3 aromatic rings. The van der Waals surface area contributed by atoms with Crippen LogP contribution >= 0.6 is 11.6 Å². The fraction of sp³-hybridized carbons (Fsp3) is 0.567. The maximum absolute atomic E-state index is 12.0. The maximum Gasteiger partial charge on any atom is 0.198 e. The summed E-state index contributed by atoms with van der Waals surface area (Å²) in [6.07, 6.45) is 1.27. The quantitative estimate of drug-likeness (QED) is 0.240. The van der Waals surface area contributed by atoms with Gasteiger partial charge in [-0.1, -0.05) is 55.5 Å². The number of hydrogen-bond acceptors (Lipinski definition) is 8. The normalized spacial score (nSPS) is 25.2. The number of hydrogen-bond donors (Lipinski definition) is 1. The van der Waals surface area contributed by atoms with E-state index in [1.807, 2.05) is 41.0 Å². The topological polar surface area (TPSA) is 109 Å². The van der Waals surface area contributed by atoms with Crippen LogP contribution in [0, 0.1) is 0 Å². The number of nitrogens with zero attached hydrogens (tertiary/aromatic N) is 2. The Bertz CT molecular complexity index is 1570. The van der Waals surface area contributed by atoms with Crippen LogP contribution in [0.15, 0.2) is 36.4 Å². The van der Waals surface area contributed by atoms with Gasteiger partial charge < -0.3 is 24.1 Å². The number of ether oxygens (including phenoxy) is 4. The van der Waals surface area contributed by atoms with Crippen molar-refractivity contribution in [3.63, 3.8) is 0 Å². The van der Waals surface area contributed by atoms with Crippen molar-refractivity contribution in [2.24, 2.45) is 0 Å². The molecule has 1 aliphatic carbocycles. The Morgan fingerprint density at radius 3 is 2.50 bits per heavy atom. The zero-order chi connectivity index (χ0) is 29.9. The van der Waals surface area contributed by atoms with E-state index < -0.39 is 30.1 Å². The van der Waals surface area contributed by atoms with Crippen LogP contribution in [-0.4, -0.2) is 87.4 Å². The molecule has 0 bridgehead atoms. The molecule has 1 N–H and O–H groups in total. The monoisotopic (exact) mass is 634 g/mol. The van der Waals surface area contributed by atoms with Gasteiger partial charge in [0.1, 0.15) is 34.9 Å². The third-order valence-corrected chi connectivity index (χ3v) is 11.5. The number of fused-ring (bicyclic) bond motifs is 2. The lowest BCUT2D eigenvalue weighted by Crippen LogP contribution is -2.35. The zero-order valence-corrected chi connectivity index (χ0v) is 27.1. The number of aliphatic hydroxyl groups is 1. The molecule has 2 aromatic heterocycles. The average molecular weight is 635 g/mol. The summed E-state index contributed by atoms with van der Waals surface area (Å²) in [5, 5.41) is 10.7. The standard InChI is InChI=1S/C30H39ClN2O7SSi/c1-41(35,36)17-30(9-10-30)20-7-5-19(6-8-20)27-21(31)13-23-22(32-27)14-26(33(23)18-37-11-12-42(2,3)4)40-25-16-39-28-24(34)15-38-29(25)28/h5-8,13-14,24-25,28-29,34H,9-12,15-18H2,1-4H3/t24-,25-,28-,29-/m1/s1. The molecule has 0 amide bonds. The largest absolute Gasteiger partial charge is 0.470 e. The first-order valence-electron chi connectivity index (χ1n) is 14.5. The second kappa shape index (κ2) is 11.2. The fourth-order valence-electron chi connectivity index (χ4n) is 5.95. The van der Waals surface area contributed by atoms with Crippen molar-refractivity contribution >= 4 is 40.5 Å². The summed E-state index contributed by atoms with van der Waals surface area (Å²) in [5.41, 5.74) is 3.73. The van der Waals surface area contributed by atoms with Gasteiger partial charge in [0.2, 0.25) is 0 Å². The van der Waals surface area contributed by atoms with Gasteiger partial charge in [0, 0.05) is 38.0 Å². The van der Waals surface area contributed by atoms with E-state index in [1.165, 1.54) is 6.26 Å². The number of halogens is 1. The molecule has 0 unspecified atom stereocenters. The summed E-state index contributed by atoms with van der Waals surface area (Å²) >= 11 is 6.83. The predicted molar refractivity (Wildman–Crippen MR) is 165 cm³/mol. The Morgan fingerprint density at radius 1 is 1.12 bits per heavy atom. The summed E-state index contributed by atoms with van der Waals surface area (Å²) in [4.78, 5) is 4.93. The van der Waals surface area contributed by atoms with Crippen LogP contribution in [-0.2, 0) is 36.2 Å². The molecule has 12 heteroatoms. The van der Waals surface area contributed by atoms with Crippen LogP contribution in [0.2, 0.25) is 30.7 Å². The van der Waals surface area contributed by atoms with Crippen molar-refractivity contribution in [1.29, 1.82) is 0 Å². The first kappa shape index (κ1) is 30.1. The number of rotatable bonds is 11. The van der Waals surface area contributed by atoms with Crippen molar-refractivity contribution in [1.82, 2.24) is 9.55 Å². The summed E-state index contributed by atoms with van der Waals surface area (Å²) in [7, 11) is -4.34. The van der Waals surface area contributed by atoms with Gasteiger partial charge in [-0.2, -0.15) is 0 Å². The van der Waals surface area contributed by atoms with Gasteiger partial charge >= 0.3 is 0 Å². The van der Waals surface area contributed by atoms with Gasteiger partial charge in [0.15, 0.2) is 12.0 Å². The molecule has 228 valence electrons. The minimum Gasteiger partial charge on any atom is -0.470 e. The average Bonchev–Trinajstić information content (AvgIpc) is 3.24. The highest BCUT2D eigenvalue weighted by atomic mass is 35.5. The molecule has 1 aromatic carbocycles. The molecule has 0 spiro atoms. The fourth-order valence-corrected chi connectivity index (χ4v) is 8.42. The summed E-state index contributed by atoms with van der Waals surface area (Å²) in [6, 6.07) is 12.7. The second-order valence-corrected chi connectivity index (χ2v) is 21.4. The van der Waals surface area contributed by atoms with Crippen molar-refractivity contribution in [2.45, 2.75) is 75.1 Å². The molecular weight excluding hydrogens is 596 g/mol. The van der Waals surface area contributed by atoms with Crippen LogP contribution in [0.1, 0.15) is 18.4 Å². The van der Waals surface area contributed by atoms with Crippen LogP contribution in [0.25, 0.3) is 22.3 Å². The van der Waals surface area contributed by atoms with E-state index >= 15 is 0 Å². The molecule has 2 aliphatic heterocycles. The van der Waals surface area contributed by atoms with Crippen molar-refractivity contribution in [2.75, 3.05) is 31.8 Å². The van der Waals surface area contributed by atoms with Gasteiger partial charge in [-0.3, -0.25) is 4.57 Å². The van der Waals surface area contributed by atoms with E-state index in [0.717, 1.165) is 35.5 Å². The van der Waals surface area contributed by atoms with Crippen molar-refractivity contribution in [3.05, 3.63) is 47.0 Å². The summed E-state index contributed by atoms with van der Waals surface area (Å²) < 4.78 is 50.0. The third kappa shape index (κ3) is 6.28. The molecule has 42 heavy (non-hydrogen) atoms. The number of sulfone groups is 1. The molecule has 1 saturated carbocycles. The Kier molecular flexibility index (Phi) is 8.00. The minimum absolute atomic E-state index is 0.165. The molecule has 3 aliphatic rings. The van der Waals surface area contributed by atoms with Crippen LogP contribution in [0.5, 0.6) is 5.88 Å². The van der Waals surface area contributed by atoms with Crippen LogP contribution in [0.3, 0.4) is 0 Å². The maximum atomic E-state index is 12.0. The van der Waals surface area contributed by atoms with E-state index in [-0.39, 0.29) is 36.7 Å². The van der Waals surface area contributed by atoms with Crippen LogP contribution < -0.4 is 4.74 Å². The SMILES string of the molecule is C[Si](C)(C)CCOCn1c(O[C@@H]2CO[C@H]3[C@@H]2OC[C@H]3O)cc2nc(-c3ccc(C4(CS(C)(=O)=O)CC4)cc3)c(Cl)cc21. The van der Waals surface area contributed by atoms with Crippen molar-refractivity contribution in [3.8, 4) is 17.1 Å². The predicted octanol–water partition coefficient (Wildman–Crippen LogP) is 4.65. The van der Waals surface area contributed by atoms with E-state index in [0.29, 0.717) is 35.3 Å². The van der Waals surface area contributed by atoms with E-state index in [1.54, 1.807) is 0 Å². The lowest BCUT2D eigenvalue weighted by Gasteiger charge is -2.20. The number of aromatic nitrogens is 2. The minimum atomic E-state index is -3.08. The molecule has 9 nitrogen and oxygen atoms in total. The summed E-state index contributed by atoms with van der Waals surface area (Å²) in [5.74, 6) is 0.739. The Hall–Kier alpha value is -1.99. The van der Waals surface area contributed by atoms with E-state index in [4.69, 9.17) is 35.5 Å². The molecular formula is C30H39ClN2O7SSi.